The van der Waals surface area contributed by atoms with Crippen LogP contribution in [0, 0.1) is 0 Å². The van der Waals surface area contributed by atoms with Gasteiger partial charge in [0.1, 0.15) is 5.41 Å². The van der Waals surface area contributed by atoms with Gasteiger partial charge in [0.2, 0.25) is 10.5 Å². The number of benzene rings is 1. The first-order valence-corrected chi connectivity index (χ1v) is 4.70. The fraction of sp³-hybridized carbons (Fsp3) is 0.200. The molecule has 0 unspecified atom stereocenters. The number of hydrogen-bond donors (Lipinski definition) is 0. The van der Waals surface area contributed by atoms with Gasteiger partial charge in [-0.25, -0.2) is 0 Å². The van der Waals surface area contributed by atoms with Crippen molar-refractivity contribution < 1.29 is 9.59 Å². The summed E-state index contributed by atoms with van der Waals surface area (Å²) in [5.41, 5.74) is -0.954. The fourth-order valence-electron chi connectivity index (χ4n) is 1.08. The lowest BCUT2D eigenvalue weighted by Gasteiger charge is -2.20. The number of carbonyl (C=O) groups is 2. The molecule has 0 saturated carbocycles. The normalized spacial score (nSPS) is 11.1. The quantitative estimate of drug-likeness (QED) is 0.591. The maximum atomic E-state index is 11.2. The van der Waals surface area contributed by atoms with Gasteiger partial charge >= 0.3 is 0 Å². The van der Waals surface area contributed by atoms with Crippen LogP contribution in [0.25, 0.3) is 0 Å². The van der Waals surface area contributed by atoms with E-state index >= 15 is 0 Å². The molecule has 0 bridgehead atoms. The first kappa shape index (κ1) is 11.2. The van der Waals surface area contributed by atoms with Crippen molar-refractivity contribution in [2.75, 3.05) is 0 Å². The summed E-state index contributed by atoms with van der Waals surface area (Å²) in [6, 6.07) is 8.49. The fourth-order valence-corrected chi connectivity index (χ4v) is 1.51. The summed E-state index contributed by atoms with van der Waals surface area (Å²) in [5, 5.41) is -1.55. The van der Waals surface area contributed by atoms with Crippen LogP contribution in [0.3, 0.4) is 0 Å². The van der Waals surface area contributed by atoms with Crippen LogP contribution < -0.4 is 0 Å². The minimum Gasteiger partial charge on any atom is -0.280 e. The molecular formula is C10H8Cl2O2. The SMILES string of the molecule is CC(C(=O)Cl)(C(=O)Cl)c1ccccc1. The van der Waals surface area contributed by atoms with Crippen LogP contribution >= 0.6 is 23.2 Å². The van der Waals surface area contributed by atoms with E-state index in [2.05, 4.69) is 0 Å². The van der Waals surface area contributed by atoms with Crippen LogP contribution in [0.4, 0.5) is 0 Å². The molecule has 1 aromatic carbocycles. The highest BCUT2D eigenvalue weighted by Gasteiger charge is 2.40. The molecule has 2 nitrogen and oxygen atoms in total. The molecule has 0 aliphatic rings. The van der Waals surface area contributed by atoms with Crippen LogP contribution in [0.5, 0.6) is 0 Å². The molecular weight excluding hydrogens is 223 g/mol. The first-order chi connectivity index (χ1) is 6.49. The van der Waals surface area contributed by atoms with E-state index in [-0.39, 0.29) is 0 Å². The molecule has 0 aliphatic carbocycles. The van der Waals surface area contributed by atoms with E-state index in [0.29, 0.717) is 5.56 Å². The minimum atomic E-state index is -1.45. The lowest BCUT2D eigenvalue weighted by atomic mass is 9.85. The number of halogens is 2. The zero-order valence-electron chi connectivity index (χ0n) is 7.46. The minimum absolute atomic E-state index is 0.500. The number of hydrogen-bond acceptors (Lipinski definition) is 2. The van der Waals surface area contributed by atoms with Gasteiger partial charge in [-0.15, -0.1) is 0 Å². The van der Waals surface area contributed by atoms with Crippen molar-refractivity contribution in [3.63, 3.8) is 0 Å². The summed E-state index contributed by atoms with van der Waals surface area (Å²) in [5.74, 6) is 0. The Morgan fingerprint density at radius 3 is 1.86 bits per heavy atom. The van der Waals surface area contributed by atoms with Crippen LogP contribution in [-0.4, -0.2) is 10.5 Å². The number of carbonyl (C=O) groups excluding carboxylic acids is 2. The predicted molar refractivity (Wildman–Crippen MR) is 55.5 cm³/mol. The third-order valence-corrected chi connectivity index (χ3v) is 2.89. The molecule has 0 saturated heterocycles. The summed E-state index contributed by atoms with van der Waals surface area (Å²) < 4.78 is 0. The Morgan fingerprint density at radius 1 is 1.07 bits per heavy atom. The summed E-state index contributed by atoms with van der Waals surface area (Å²) >= 11 is 10.7. The van der Waals surface area contributed by atoms with E-state index in [1.54, 1.807) is 30.3 Å². The van der Waals surface area contributed by atoms with Gasteiger partial charge < -0.3 is 0 Å². The molecule has 4 heteroatoms. The van der Waals surface area contributed by atoms with Gasteiger partial charge in [-0.3, -0.25) is 9.59 Å². The molecule has 14 heavy (non-hydrogen) atoms. The highest BCUT2D eigenvalue weighted by molar-refractivity contribution is 6.76. The molecule has 0 radical (unpaired) electrons. The standard InChI is InChI=1S/C10H8Cl2O2/c1-10(8(11)13,9(12)14)7-5-3-2-4-6-7/h2-6H,1H3. The van der Waals surface area contributed by atoms with E-state index < -0.39 is 15.9 Å². The third kappa shape index (κ3) is 1.81. The summed E-state index contributed by atoms with van der Waals surface area (Å²) in [6.07, 6.45) is 0. The van der Waals surface area contributed by atoms with Crippen LogP contribution in [0.2, 0.25) is 0 Å². The third-order valence-electron chi connectivity index (χ3n) is 2.14. The highest BCUT2D eigenvalue weighted by Crippen LogP contribution is 2.28. The topological polar surface area (TPSA) is 34.1 Å². The average molecular weight is 231 g/mol. The Kier molecular flexibility index (Phi) is 3.29. The van der Waals surface area contributed by atoms with Gasteiger partial charge in [0.05, 0.1) is 0 Å². The second-order valence-electron chi connectivity index (χ2n) is 3.04. The summed E-state index contributed by atoms with van der Waals surface area (Å²) in [7, 11) is 0. The summed E-state index contributed by atoms with van der Waals surface area (Å²) in [4.78, 5) is 22.3. The number of rotatable bonds is 3. The van der Waals surface area contributed by atoms with Crippen molar-refractivity contribution in [2.45, 2.75) is 12.3 Å². The zero-order valence-corrected chi connectivity index (χ0v) is 8.97. The van der Waals surface area contributed by atoms with Gasteiger partial charge in [0.15, 0.2) is 0 Å². The monoisotopic (exact) mass is 230 g/mol. The van der Waals surface area contributed by atoms with Gasteiger partial charge in [-0.2, -0.15) is 0 Å². The Labute approximate surface area is 91.8 Å². The molecule has 0 atom stereocenters. The maximum absolute atomic E-state index is 11.2. The van der Waals surface area contributed by atoms with Crippen LogP contribution in [-0.2, 0) is 15.0 Å². The van der Waals surface area contributed by atoms with Crippen molar-refractivity contribution in [1.82, 2.24) is 0 Å². The Morgan fingerprint density at radius 2 is 1.50 bits per heavy atom. The van der Waals surface area contributed by atoms with Crippen molar-refractivity contribution in [2.24, 2.45) is 0 Å². The maximum Gasteiger partial charge on any atom is 0.240 e. The molecule has 0 fully saturated rings. The van der Waals surface area contributed by atoms with Crippen molar-refractivity contribution in [3.05, 3.63) is 35.9 Å². The predicted octanol–water partition coefficient (Wildman–Crippen LogP) is 2.48. The van der Waals surface area contributed by atoms with E-state index in [1.165, 1.54) is 6.92 Å². The zero-order chi connectivity index (χ0) is 10.8. The van der Waals surface area contributed by atoms with E-state index in [4.69, 9.17) is 23.2 Å². The lowest BCUT2D eigenvalue weighted by molar-refractivity contribution is -0.125. The van der Waals surface area contributed by atoms with E-state index in [0.717, 1.165) is 0 Å². The van der Waals surface area contributed by atoms with Crippen molar-refractivity contribution in [3.8, 4) is 0 Å². The Balaban J connectivity index is 3.27. The van der Waals surface area contributed by atoms with Gasteiger partial charge in [0.25, 0.3) is 0 Å². The summed E-state index contributed by atoms with van der Waals surface area (Å²) in [6.45, 7) is 1.41. The molecule has 0 aromatic heterocycles. The molecule has 0 N–H and O–H groups in total. The molecule has 0 heterocycles. The largest absolute Gasteiger partial charge is 0.280 e. The van der Waals surface area contributed by atoms with Gasteiger partial charge in [-0.05, 0) is 35.7 Å². The van der Waals surface area contributed by atoms with E-state index in [1.807, 2.05) is 0 Å². The van der Waals surface area contributed by atoms with Crippen LogP contribution in [0.15, 0.2) is 30.3 Å². The molecule has 0 aliphatic heterocycles. The van der Waals surface area contributed by atoms with Gasteiger partial charge in [-0.1, -0.05) is 30.3 Å². The van der Waals surface area contributed by atoms with Crippen molar-refractivity contribution in [1.29, 1.82) is 0 Å². The first-order valence-electron chi connectivity index (χ1n) is 3.95. The molecule has 1 rings (SSSR count). The van der Waals surface area contributed by atoms with Crippen LogP contribution in [0.1, 0.15) is 12.5 Å². The molecule has 0 amide bonds. The Bertz CT molecular complexity index is 346. The molecule has 74 valence electrons. The molecule has 1 aromatic rings. The Hall–Kier alpha value is -0.860. The van der Waals surface area contributed by atoms with E-state index in [9.17, 15) is 9.59 Å². The highest BCUT2D eigenvalue weighted by atomic mass is 35.5. The lowest BCUT2D eigenvalue weighted by Crippen LogP contribution is -2.35. The molecule has 0 spiro atoms. The smallest absolute Gasteiger partial charge is 0.240 e. The second-order valence-corrected chi connectivity index (χ2v) is 3.73. The average Bonchev–Trinajstić information content (AvgIpc) is 2.17. The second kappa shape index (κ2) is 4.11. The van der Waals surface area contributed by atoms with Gasteiger partial charge in [0, 0.05) is 0 Å². The van der Waals surface area contributed by atoms with Crippen molar-refractivity contribution >= 4 is 33.7 Å².